The molecule has 1 heterocycles. The molecule has 7 heteroatoms. The molecule has 126 valence electrons. The SMILES string of the molecule is CC(CN)C(=O)NC1CCCN(c2cccc(F)c2)C1.Cl.Cl. The first-order valence-corrected chi connectivity index (χ1v) is 7.11. The Bertz CT molecular complexity index is 476. The molecule has 0 spiro atoms. The number of benzene rings is 1. The first-order valence-electron chi connectivity index (χ1n) is 7.11. The van der Waals surface area contributed by atoms with Gasteiger partial charge in [-0.15, -0.1) is 24.8 Å². The number of nitrogens with one attached hydrogen (secondary N) is 1. The Labute approximate surface area is 143 Å². The number of halogens is 3. The average Bonchev–Trinajstić information content (AvgIpc) is 2.46. The van der Waals surface area contributed by atoms with Crippen LogP contribution in [0.2, 0.25) is 0 Å². The van der Waals surface area contributed by atoms with Crippen molar-refractivity contribution in [1.29, 1.82) is 0 Å². The van der Waals surface area contributed by atoms with Crippen molar-refractivity contribution in [3.63, 3.8) is 0 Å². The van der Waals surface area contributed by atoms with Gasteiger partial charge in [0.2, 0.25) is 5.91 Å². The number of carbonyl (C=O) groups is 1. The molecule has 0 saturated carbocycles. The number of rotatable bonds is 4. The molecule has 1 fully saturated rings. The summed E-state index contributed by atoms with van der Waals surface area (Å²) in [5.41, 5.74) is 6.37. The molecule has 2 rings (SSSR count). The molecule has 1 aliphatic rings. The third kappa shape index (κ3) is 5.63. The van der Waals surface area contributed by atoms with E-state index in [-0.39, 0.29) is 48.5 Å². The molecule has 0 aromatic heterocycles. The summed E-state index contributed by atoms with van der Waals surface area (Å²) < 4.78 is 13.3. The number of piperidine rings is 1. The van der Waals surface area contributed by atoms with E-state index in [1.54, 1.807) is 6.07 Å². The second kappa shape index (κ2) is 9.87. The lowest BCUT2D eigenvalue weighted by molar-refractivity contribution is -0.124. The first-order chi connectivity index (χ1) is 9.60. The van der Waals surface area contributed by atoms with Gasteiger partial charge in [0.25, 0.3) is 0 Å². The highest BCUT2D eigenvalue weighted by atomic mass is 35.5. The van der Waals surface area contributed by atoms with E-state index in [0.717, 1.165) is 25.1 Å². The van der Waals surface area contributed by atoms with Crippen LogP contribution in [0.25, 0.3) is 0 Å². The zero-order chi connectivity index (χ0) is 14.5. The van der Waals surface area contributed by atoms with Gasteiger partial charge < -0.3 is 16.0 Å². The lowest BCUT2D eigenvalue weighted by Gasteiger charge is -2.35. The van der Waals surface area contributed by atoms with Gasteiger partial charge in [-0.1, -0.05) is 13.0 Å². The molecular weight excluding hydrogens is 328 g/mol. The fraction of sp³-hybridized carbons (Fsp3) is 0.533. The van der Waals surface area contributed by atoms with Crippen LogP contribution in [0.1, 0.15) is 19.8 Å². The van der Waals surface area contributed by atoms with Crippen LogP contribution < -0.4 is 16.0 Å². The van der Waals surface area contributed by atoms with E-state index in [9.17, 15) is 9.18 Å². The summed E-state index contributed by atoms with van der Waals surface area (Å²) in [6.45, 7) is 3.78. The Balaban J connectivity index is 0.00000220. The molecule has 0 bridgehead atoms. The summed E-state index contributed by atoms with van der Waals surface area (Å²) in [7, 11) is 0. The van der Waals surface area contributed by atoms with Crippen LogP contribution in [0.4, 0.5) is 10.1 Å². The molecule has 2 unspecified atom stereocenters. The van der Waals surface area contributed by atoms with Gasteiger partial charge in [0.1, 0.15) is 5.82 Å². The van der Waals surface area contributed by atoms with E-state index >= 15 is 0 Å². The quantitative estimate of drug-likeness (QED) is 0.875. The minimum Gasteiger partial charge on any atom is -0.369 e. The van der Waals surface area contributed by atoms with Gasteiger partial charge in [0.15, 0.2) is 0 Å². The Hall–Kier alpha value is -1.04. The number of hydrogen-bond acceptors (Lipinski definition) is 3. The second-order valence-corrected chi connectivity index (χ2v) is 5.41. The standard InChI is InChI=1S/C15H22FN3O.2ClH/c1-11(9-17)15(20)18-13-5-3-7-19(10-13)14-6-2-4-12(16)8-14;;/h2,4,6,8,11,13H,3,5,7,9-10,17H2,1H3,(H,18,20);2*1H. The number of amides is 1. The number of nitrogens with two attached hydrogens (primary N) is 1. The number of hydrogen-bond donors (Lipinski definition) is 2. The molecule has 1 amide bonds. The van der Waals surface area contributed by atoms with Gasteiger partial charge >= 0.3 is 0 Å². The van der Waals surface area contributed by atoms with Crippen LogP contribution in [0.15, 0.2) is 24.3 Å². The highest BCUT2D eigenvalue weighted by Gasteiger charge is 2.23. The normalized spacial score (nSPS) is 18.7. The molecule has 2 atom stereocenters. The van der Waals surface area contributed by atoms with Crippen molar-refractivity contribution in [1.82, 2.24) is 5.32 Å². The van der Waals surface area contributed by atoms with Crippen LogP contribution in [0.3, 0.4) is 0 Å². The zero-order valence-electron chi connectivity index (χ0n) is 12.6. The lowest BCUT2D eigenvalue weighted by atomic mass is 10.0. The Morgan fingerprint density at radius 1 is 1.50 bits per heavy atom. The van der Waals surface area contributed by atoms with Gasteiger partial charge in [-0.25, -0.2) is 4.39 Å². The van der Waals surface area contributed by atoms with Crippen molar-refractivity contribution in [2.45, 2.75) is 25.8 Å². The Morgan fingerprint density at radius 2 is 2.23 bits per heavy atom. The Morgan fingerprint density at radius 3 is 2.86 bits per heavy atom. The van der Waals surface area contributed by atoms with Crippen LogP contribution in [0.5, 0.6) is 0 Å². The summed E-state index contributed by atoms with van der Waals surface area (Å²) in [6.07, 6.45) is 1.94. The van der Waals surface area contributed by atoms with E-state index in [0.29, 0.717) is 13.1 Å². The Kier molecular flexibility index (Phi) is 9.41. The van der Waals surface area contributed by atoms with Gasteiger partial charge in [0.05, 0.1) is 0 Å². The van der Waals surface area contributed by atoms with Gasteiger partial charge in [-0.3, -0.25) is 4.79 Å². The number of carbonyl (C=O) groups excluding carboxylic acids is 1. The van der Waals surface area contributed by atoms with Crippen LogP contribution in [0, 0.1) is 11.7 Å². The number of anilines is 1. The van der Waals surface area contributed by atoms with Crippen LogP contribution in [-0.4, -0.2) is 31.6 Å². The topological polar surface area (TPSA) is 58.4 Å². The van der Waals surface area contributed by atoms with E-state index in [1.165, 1.54) is 12.1 Å². The van der Waals surface area contributed by atoms with Crippen molar-refractivity contribution < 1.29 is 9.18 Å². The van der Waals surface area contributed by atoms with Crippen molar-refractivity contribution in [2.24, 2.45) is 11.7 Å². The zero-order valence-corrected chi connectivity index (χ0v) is 14.3. The summed E-state index contributed by atoms with van der Waals surface area (Å²) in [5, 5.41) is 3.03. The molecule has 1 saturated heterocycles. The van der Waals surface area contributed by atoms with Crippen molar-refractivity contribution in [3.8, 4) is 0 Å². The van der Waals surface area contributed by atoms with E-state index in [4.69, 9.17) is 5.73 Å². The summed E-state index contributed by atoms with van der Waals surface area (Å²) in [6, 6.07) is 6.69. The molecule has 1 aliphatic heterocycles. The first kappa shape index (κ1) is 21.0. The monoisotopic (exact) mass is 351 g/mol. The molecule has 0 radical (unpaired) electrons. The van der Waals surface area contributed by atoms with Gasteiger partial charge in [0, 0.05) is 37.3 Å². The minimum atomic E-state index is -0.231. The summed E-state index contributed by atoms with van der Waals surface area (Å²) in [5.74, 6) is -0.399. The molecule has 22 heavy (non-hydrogen) atoms. The molecule has 4 nitrogen and oxygen atoms in total. The highest BCUT2D eigenvalue weighted by Crippen LogP contribution is 2.20. The second-order valence-electron chi connectivity index (χ2n) is 5.41. The lowest BCUT2D eigenvalue weighted by Crippen LogP contribution is -2.49. The molecule has 1 aromatic rings. The summed E-state index contributed by atoms with van der Waals surface area (Å²) in [4.78, 5) is 14.0. The third-order valence-electron chi connectivity index (χ3n) is 3.74. The molecule has 3 N–H and O–H groups in total. The predicted molar refractivity (Wildman–Crippen MR) is 92.5 cm³/mol. The van der Waals surface area contributed by atoms with E-state index < -0.39 is 0 Å². The summed E-state index contributed by atoms with van der Waals surface area (Å²) >= 11 is 0. The fourth-order valence-corrected chi connectivity index (χ4v) is 2.45. The van der Waals surface area contributed by atoms with E-state index in [2.05, 4.69) is 10.2 Å². The molecule has 1 aromatic carbocycles. The largest absolute Gasteiger partial charge is 0.369 e. The highest BCUT2D eigenvalue weighted by molar-refractivity contribution is 5.85. The van der Waals surface area contributed by atoms with Gasteiger partial charge in [-0.05, 0) is 31.0 Å². The third-order valence-corrected chi connectivity index (χ3v) is 3.74. The molecule has 0 aliphatic carbocycles. The van der Waals surface area contributed by atoms with Crippen molar-refractivity contribution in [3.05, 3.63) is 30.1 Å². The maximum atomic E-state index is 13.3. The van der Waals surface area contributed by atoms with Crippen molar-refractivity contribution >= 4 is 36.4 Å². The minimum absolute atomic E-state index is 0. The van der Waals surface area contributed by atoms with E-state index in [1.807, 2.05) is 13.0 Å². The number of nitrogens with zero attached hydrogens (tertiary/aromatic N) is 1. The fourth-order valence-electron chi connectivity index (χ4n) is 2.45. The van der Waals surface area contributed by atoms with Crippen molar-refractivity contribution in [2.75, 3.05) is 24.5 Å². The maximum Gasteiger partial charge on any atom is 0.224 e. The predicted octanol–water partition coefficient (Wildman–Crippen LogP) is 2.35. The van der Waals surface area contributed by atoms with Crippen LogP contribution >= 0.6 is 24.8 Å². The molecular formula is C15H24Cl2FN3O. The average molecular weight is 352 g/mol. The smallest absolute Gasteiger partial charge is 0.224 e. The van der Waals surface area contributed by atoms with Gasteiger partial charge in [-0.2, -0.15) is 0 Å². The van der Waals surface area contributed by atoms with Crippen LogP contribution in [-0.2, 0) is 4.79 Å². The maximum absolute atomic E-state index is 13.3.